The Morgan fingerprint density at radius 2 is 1.79 bits per heavy atom. The van der Waals surface area contributed by atoms with E-state index >= 15 is 0 Å². The van der Waals surface area contributed by atoms with Gasteiger partial charge >= 0.3 is 0 Å². The molecule has 0 aliphatic rings. The number of carbonyl (C=O) groups is 1. The first-order valence-electron chi connectivity index (χ1n) is 9.00. The van der Waals surface area contributed by atoms with Gasteiger partial charge in [-0.15, -0.1) is 0 Å². The van der Waals surface area contributed by atoms with Crippen molar-refractivity contribution in [2.24, 2.45) is 0 Å². The zero-order chi connectivity index (χ0) is 18.3. The van der Waals surface area contributed by atoms with Crippen molar-refractivity contribution in [3.8, 4) is 5.75 Å². The lowest BCUT2D eigenvalue weighted by Crippen LogP contribution is -2.42. The third kappa shape index (κ3) is 5.23. The highest BCUT2D eigenvalue weighted by atomic mass is 16.5. The van der Waals surface area contributed by atoms with Gasteiger partial charge in [0.15, 0.2) is 0 Å². The van der Waals surface area contributed by atoms with Crippen LogP contribution in [0.25, 0.3) is 0 Å². The third-order valence-electron chi connectivity index (χ3n) is 4.39. The number of rotatable bonds is 9. The van der Waals surface area contributed by atoms with Crippen molar-refractivity contribution in [1.82, 2.24) is 0 Å². The van der Waals surface area contributed by atoms with E-state index in [0.717, 1.165) is 35.4 Å². The Hall–Kier alpha value is -1.55. The Morgan fingerprint density at radius 3 is 2.25 bits per heavy atom. The molecule has 0 fully saturated rings. The average molecular weight is 335 g/mol. The van der Waals surface area contributed by atoms with Crippen molar-refractivity contribution in [2.45, 2.75) is 79.4 Å². The molecule has 1 N–H and O–H groups in total. The van der Waals surface area contributed by atoms with E-state index in [9.17, 15) is 4.79 Å². The van der Waals surface area contributed by atoms with Crippen molar-refractivity contribution in [3.05, 3.63) is 23.3 Å². The van der Waals surface area contributed by atoms with E-state index in [-0.39, 0.29) is 12.0 Å². The van der Waals surface area contributed by atoms with Crippen LogP contribution in [0.15, 0.2) is 12.1 Å². The summed E-state index contributed by atoms with van der Waals surface area (Å²) in [7, 11) is 0. The smallest absolute Gasteiger partial charge is 0.256 e. The number of nitrogens with one attached hydrogen (secondary N) is 1. The highest BCUT2D eigenvalue weighted by Crippen LogP contribution is 2.29. The van der Waals surface area contributed by atoms with Gasteiger partial charge in [-0.25, -0.2) is 0 Å². The first-order valence-corrected chi connectivity index (χ1v) is 9.00. The largest absolute Gasteiger partial charge is 0.490 e. The Labute approximate surface area is 146 Å². The molecule has 4 heteroatoms. The SMILES string of the molecule is CCCO[C@](C)(CC)C(=O)Nc1cc(C)c(O[C@H](C)CC)c(C)c1. The lowest BCUT2D eigenvalue weighted by Gasteiger charge is -2.27. The van der Waals surface area contributed by atoms with Crippen molar-refractivity contribution in [3.63, 3.8) is 0 Å². The number of hydrogen-bond donors (Lipinski definition) is 1. The zero-order valence-electron chi connectivity index (χ0n) is 16.3. The van der Waals surface area contributed by atoms with Crippen LogP contribution in [-0.2, 0) is 9.53 Å². The van der Waals surface area contributed by atoms with E-state index in [1.807, 2.05) is 46.8 Å². The first-order chi connectivity index (χ1) is 11.3. The van der Waals surface area contributed by atoms with Crippen molar-refractivity contribution in [1.29, 1.82) is 0 Å². The summed E-state index contributed by atoms with van der Waals surface area (Å²) in [6, 6.07) is 3.91. The van der Waals surface area contributed by atoms with Crippen LogP contribution in [0.5, 0.6) is 5.75 Å². The number of amides is 1. The molecule has 0 saturated carbocycles. The minimum atomic E-state index is -0.802. The van der Waals surface area contributed by atoms with E-state index in [1.54, 1.807) is 0 Å². The van der Waals surface area contributed by atoms with Gasteiger partial charge in [0.1, 0.15) is 11.4 Å². The zero-order valence-corrected chi connectivity index (χ0v) is 16.3. The molecule has 4 nitrogen and oxygen atoms in total. The van der Waals surface area contributed by atoms with Gasteiger partial charge in [0, 0.05) is 12.3 Å². The molecule has 0 radical (unpaired) electrons. The average Bonchev–Trinajstić information content (AvgIpc) is 2.55. The maximum absolute atomic E-state index is 12.6. The van der Waals surface area contributed by atoms with Crippen LogP contribution >= 0.6 is 0 Å². The summed E-state index contributed by atoms with van der Waals surface area (Å²) < 4.78 is 11.8. The summed E-state index contributed by atoms with van der Waals surface area (Å²) in [4.78, 5) is 12.6. The second kappa shape index (κ2) is 9.07. The lowest BCUT2D eigenvalue weighted by molar-refractivity contribution is -0.139. The summed E-state index contributed by atoms with van der Waals surface area (Å²) in [5.41, 5.74) is 2.03. The molecule has 136 valence electrons. The molecule has 2 atom stereocenters. The molecule has 1 aromatic rings. The molecule has 0 bridgehead atoms. The van der Waals surface area contributed by atoms with Gasteiger partial charge in [-0.05, 0) is 70.2 Å². The van der Waals surface area contributed by atoms with Gasteiger partial charge < -0.3 is 14.8 Å². The molecule has 0 unspecified atom stereocenters. The predicted octanol–water partition coefficient (Wildman–Crippen LogP) is 5.01. The Morgan fingerprint density at radius 1 is 1.21 bits per heavy atom. The van der Waals surface area contributed by atoms with E-state index in [4.69, 9.17) is 9.47 Å². The number of benzene rings is 1. The highest BCUT2D eigenvalue weighted by Gasteiger charge is 2.32. The first kappa shape index (κ1) is 20.5. The van der Waals surface area contributed by atoms with Gasteiger partial charge in [0.05, 0.1) is 6.10 Å². The summed E-state index contributed by atoms with van der Waals surface area (Å²) in [5, 5.41) is 3.00. The lowest BCUT2D eigenvalue weighted by atomic mass is 10.0. The van der Waals surface area contributed by atoms with Crippen LogP contribution < -0.4 is 10.1 Å². The fraction of sp³-hybridized carbons (Fsp3) is 0.650. The Balaban J connectivity index is 2.94. The number of carbonyl (C=O) groups excluding carboxylic acids is 1. The van der Waals surface area contributed by atoms with E-state index < -0.39 is 5.60 Å². The maximum atomic E-state index is 12.6. The molecule has 1 amide bonds. The maximum Gasteiger partial charge on any atom is 0.256 e. The van der Waals surface area contributed by atoms with Crippen LogP contribution in [0.3, 0.4) is 0 Å². The van der Waals surface area contributed by atoms with Crippen LogP contribution in [0.2, 0.25) is 0 Å². The van der Waals surface area contributed by atoms with Crippen molar-refractivity contribution in [2.75, 3.05) is 11.9 Å². The second-order valence-electron chi connectivity index (χ2n) is 6.66. The van der Waals surface area contributed by atoms with Gasteiger partial charge in [-0.2, -0.15) is 0 Å². The molecule has 1 rings (SSSR count). The van der Waals surface area contributed by atoms with Crippen LogP contribution in [0, 0.1) is 13.8 Å². The standard InChI is InChI=1S/C20H33NO3/c1-8-11-23-20(7,10-3)19(22)21-17-12-14(4)18(15(5)13-17)24-16(6)9-2/h12-13,16H,8-11H2,1-7H3,(H,21,22)/t16-,20-/m1/s1. The number of aryl methyl sites for hydroxylation is 2. The van der Waals surface area contributed by atoms with Crippen molar-refractivity contribution >= 4 is 11.6 Å². The van der Waals surface area contributed by atoms with Gasteiger partial charge in [0.2, 0.25) is 0 Å². The number of anilines is 1. The summed E-state index contributed by atoms with van der Waals surface area (Å²) in [6.45, 7) is 14.6. The third-order valence-corrected chi connectivity index (χ3v) is 4.39. The second-order valence-corrected chi connectivity index (χ2v) is 6.66. The van der Waals surface area contributed by atoms with Gasteiger partial charge in [-0.3, -0.25) is 4.79 Å². The molecule has 24 heavy (non-hydrogen) atoms. The molecule has 0 aliphatic heterocycles. The summed E-state index contributed by atoms with van der Waals surface area (Å²) in [6.07, 6.45) is 2.66. The molecular weight excluding hydrogens is 302 g/mol. The Kier molecular flexibility index (Phi) is 7.74. The fourth-order valence-corrected chi connectivity index (χ4v) is 2.41. The number of hydrogen-bond acceptors (Lipinski definition) is 3. The molecule has 0 saturated heterocycles. The quantitative estimate of drug-likeness (QED) is 0.689. The van der Waals surface area contributed by atoms with Crippen LogP contribution in [-0.4, -0.2) is 24.2 Å². The van der Waals surface area contributed by atoms with Gasteiger partial charge in [-0.1, -0.05) is 20.8 Å². The van der Waals surface area contributed by atoms with Crippen LogP contribution in [0.1, 0.15) is 65.0 Å². The van der Waals surface area contributed by atoms with Gasteiger partial charge in [0.25, 0.3) is 5.91 Å². The summed E-state index contributed by atoms with van der Waals surface area (Å²) in [5.74, 6) is 0.802. The highest BCUT2D eigenvalue weighted by molar-refractivity contribution is 5.97. The topological polar surface area (TPSA) is 47.6 Å². The molecular formula is C20H33NO3. The summed E-state index contributed by atoms with van der Waals surface area (Å²) >= 11 is 0. The number of ether oxygens (including phenoxy) is 2. The molecule has 0 heterocycles. The Bertz CT molecular complexity index is 533. The minimum absolute atomic E-state index is 0.104. The minimum Gasteiger partial charge on any atom is -0.490 e. The molecule has 0 aliphatic carbocycles. The van der Waals surface area contributed by atoms with E-state index in [1.165, 1.54) is 0 Å². The molecule has 0 aromatic heterocycles. The van der Waals surface area contributed by atoms with E-state index in [0.29, 0.717) is 13.0 Å². The molecule has 1 aromatic carbocycles. The fourth-order valence-electron chi connectivity index (χ4n) is 2.41. The predicted molar refractivity (Wildman–Crippen MR) is 99.9 cm³/mol. The van der Waals surface area contributed by atoms with Crippen LogP contribution in [0.4, 0.5) is 5.69 Å². The van der Waals surface area contributed by atoms with E-state index in [2.05, 4.69) is 19.2 Å². The normalized spacial score (nSPS) is 14.8. The van der Waals surface area contributed by atoms with Crippen molar-refractivity contribution < 1.29 is 14.3 Å². The monoisotopic (exact) mass is 335 g/mol. The molecule has 0 spiro atoms.